The second kappa shape index (κ2) is 7.95. The maximum Gasteiger partial charge on any atom is 0.239 e. The van der Waals surface area contributed by atoms with Crippen molar-refractivity contribution in [2.24, 2.45) is 5.73 Å². The fourth-order valence-corrected chi connectivity index (χ4v) is 2.12. The minimum atomic E-state index is -0.359. The number of hydrogen-bond donors (Lipinski definition) is 1. The summed E-state index contributed by atoms with van der Waals surface area (Å²) in [5.41, 5.74) is 8.34. The van der Waals surface area contributed by atoms with Gasteiger partial charge in [0.1, 0.15) is 0 Å². The first-order valence-electron chi connectivity index (χ1n) is 7.18. The summed E-state index contributed by atoms with van der Waals surface area (Å²) in [6.07, 6.45) is 2.65. The highest BCUT2D eigenvalue weighted by atomic mass is 16.2. The minimum absolute atomic E-state index is 0.0734. The van der Waals surface area contributed by atoms with E-state index in [0.717, 1.165) is 31.4 Å². The molecule has 0 saturated carbocycles. The highest BCUT2D eigenvalue weighted by molar-refractivity contribution is 5.81. The number of carbonyl (C=O) groups excluding carboxylic acids is 1. The molecular formula is C16H26N2O. The SMILES string of the molecule is CCC[C@H](N)C(=O)N(CCC)Cc1ccc(C)cc1. The van der Waals surface area contributed by atoms with Gasteiger partial charge in [0, 0.05) is 13.1 Å². The molecule has 0 aliphatic carbocycles. The van der Waals surface area contributed by atoms with Gasteiger partial charge in [-0.1, -0.05) is 50.1 Å². The average molecular weight is 262 g/mol. The molecule has 1 rings (SSSR count). The average Bonchev–Trinajstić information content (AvgIpc) is 2.40. The monoisotopic (exact) mass is 262 g/mol. The summed E-state index contributed by atoms with van der Waals surface area (Å²) < 4.78 is 0. The van der Waals surface area contributed by atoms with Crippen LogP contribution in [0.2, 0.25) is 0 Å². The van der Waals surface area contributed by atoms with Crippen LogP contribution in [-0.2, 0) is 11.3 Å². The van der Waals surface area contributed by atoms with Gasteiger partial charge < -0.3 is 10.6 Å². The maximum absolute atomic E-state index is 12.3. The molecule has 0 fully saturated rings. The molecule has 0 bridgehead atoms. The first-order chi connectivity index (χ1) is 9.08. The highest BCUT2D eigenvalue weighted by Gasteiger charge is 2.19. The number of hydrogen-bond acceptors (Lipinski definition) is 2. The van der Waals surface area contributed by atoms with Crippen molar-refractivity contribution in [1.29, 1.82) is 0 Å². The van der Waals surface area contributed by atoms with E-state index >= 15 is 0 Å². The molecule has 106 valence electrons. The highest BCUT2D eigenvalue weighted by Crippen LogP contribution is 2.10. The van der Waals surface area contributed by atoms with Gasteiger partial charge in [0.05, 0.1) is 6.04 Å². The zero-order valence-electron chi connectivity index (χ0n) is 12.4. The molecule has 2 N–H and O–H groups in total. The molecule has 0 unspecified atom stereocenters. The molecule has 1 aromatic rings. The van der Waals surface area contributed by atoms with E-state index in [1.807, 2.05) is 4.90 Å². The lowest BCUT2D eigenvalue weighted by Crippen LogP contribution is -2.43. The van der Waals surface area contributed by atoms with Crippen LogP contribution < -0.4 is 5.73 Å². The molecule has 3 heteroatoms. The Hall–Kier alpha value is -1.35. The number of carbonyl (C=O) groups is 1. The van der Waals surface area contributed by atoms with Crippen LogP contribution in [0.5, 0.6) is 0 Å². The number of amides is 1. The molecule has 0 aliphatic rings. The van der Waals surface area contributed by atoms with Crippen molar-refractivity contribution in [1.82, 2.24) is 4.90 Å². The van der Waals surface area contributed by atoms with Crippen molar-refractivity contribution < 1.29 is 4.79 Å². The standard InChI is InChI=1S/C16H26N2O/c1-4-6-15(17)16(19)18(11-5-2)12-14-9-7-13(3)8-10-14/h7-10,15H,4-6,11-12,17H2,1-3H3/t15-/m0/s1. The van der Waals surface area contributed by atoms with E-state index in [1.165, 1.54) is 5.56 Å². The van der Waals surface area contributed by atoms with Crippen LogP contribution in [0.25, 0.3) is 0 Å². The van der Waals surface area contributed by atoms with Gasteiger partial charge in [-0.05, 0) is 25.3 Å². The molecule has 19 heavy (non-hydrogen) atoms. The number of aryl methyl sites for hydroxylation is 1. The third kappa shape index (κ3) is 5.03. The van der Waals surface area contributed by atoms with Crippen molar-refractivity contribution >= 4 is 5.91 Å². The quantitative estimate of drug-likeness (QED) is 0.821. The van der Waals surface area contributed by atoms with E-state index < -0.39 is 0 Å². The third-order valence-electron chi connectivity index (χ3n) is 3.22. The Morgan fingerprint density at radius 1 is 1.21 bits per heavy atom. The summed E-state index contributed by atoms with van der Waals surface area (Å²) in [5, 5.41) is 0. The minimum Gasteiger partial charge on any atom is -0.337 e. The van der Waals surface area contributed by atoms with Crippen LogP contribution in [0.1, 0.15) is 44.2 Å². The number of nitrogens with zero attached hydrogens (tertiary/aromatic N) is 1. The Morgan fingerprint density at radius 2 is 1.84 bits per heavy atom. The van der Waals surface area contributed by atoms with Gasteiger partial charge >= 0.3 is 0 Å². The van der Waals surface area contributed by atoms with Gasteiger partial charge in [-0.2, -0.15) is 0 Å². The molecular weight excluding hydrogens is 236 g/mol. The van der Waals surface area contributed by atoms with E-state index in [2.05, 4.69) is 45.0 Å². The lowest BCUT2D eigenvalue weighted by molar-refractivity contribution is -0.133. The third-order valence-corrected chi connectivity index (χ3v) is 3.22. The van der Waals surface area contributed by atoms with Gasteiger partial charge in [-0.25, -0.2) is 0 Å². The number of nitrogens with two attached hydrogens (primary N) is 1. The lowest BCUT2D eigenvalue weighted by Gasteiger charge is -2.25. The maximum atomic E-state index is 12.3. The molecule has 1 amide bonds. The van der Waals surface area contributed by atoms with Crippen molar-refractivity contribution in [3.05, 3.63) is 35.4 Å². The molecule has 0 saturated heterocycles. The van der Waals surface area contributed by atoms with Gasteiger partial charge in [0.15, 0.2) is 0 Å². The Balaban J connectivity index is 2.71. The second-order valence-electron chi connectivity index (χ2n) is 5.14. The fraction of sp³-hybridized carbons (Fsp3) is 0.562. The van der Waals surface area contributed by atoms with E-state index in [1.54, 1.807) is 0 Å². The van der Waals surface area contributed by atoms with Gasteiger partial charge in [0.25, 0.3) is 0 Å². The van der Waals surface area contributed by atoms with Gasteiger partial charge in [-0.3, -0.25) is 4.79 Å². The first-order valence-corrected chi connectivity index (χ1v) is 7.18. The summed E-state index contributed by atoms with van der Waals surface area (Å²) in [4.78, 5) is 14.2. The Labute approximate surface area is 116 Å². The van der Waals surface area contributed by atoms with E-state index in [-0.39, 0.29) is 11.9 Å². The normalized spacial score (nSPS) is 12.2. The molecule has 1 aromatic carbocycles. The zero-order valence-corrected chi connectivity index (χ0v) is 12.4. The van der Waals surface area contributed by atoms with Gasteiger partial charge in [0.2, 0.25) is 5.91 Å². The molecule has 0 heterocycles. The second-order valence-corrected chi connectivity index (χ2v) is 5.14. The van der Waals surface area contributed by atoms with E-state index in [4.69, 9.17) is 5.73 Å². The molecule has 0 spiro atoms. The Morgan fingerprint density at radius 3 is 2.37 bits per heavy atom. The van der Waals surface area contributed by atoms with Crippen molar-refractivity contribution in [3.63, 3.8) is 0 Å². The van der Waals surface area contributed by atoms with E-state index in [9.17, 15) is 4.79 Å². The summed E-state index contributed by atoms with van der Waals surface area (Å²) in [7, 11) is 0. The largest absolute Gasteiger partial charge is 0.337 e. The topological polar surface area (TPSA) is 46.3 Å². The van der Waals surface area contributed by atoms with Crippen LogP contribution in [0.15, 0.2) is 24.3 Å². The number of rotatable bonds is 7. The summed E-state index contributed by atoms with van der Waals surface area (Å²) in [6.45, 7) is 7.63. The van der Waals surface area contributed by atoms with Crippen molar-refractivity contribution in [2.75, 3.05) is 6.54 Å². The van der Waals surface area contributed by atoms with Crippen LogP contribution in [0.3, 0.4) is 0 Å². The first kappa shape index (κ1) is 15.7. The zero-order chi connectivity index (χ0) is 14.3. The summed E-state index contributed by atoms with van der Waals surface area (Å²) >= 11 is 0. The Bertz CT molecular complexity index is 386. The lowest BCUT2D eigenvalue weighted by atomic mass is 10.1. The molecule has 1 atom stereocenters. The van der Waals surface area contributed by atoms with Gasteiger partial charge in [-0.15, -0.1) is 0 Å². The van der Waals surface area contributed by atoms with Crippen molar-refractivity contribution in [2.45, 2.75) is 52.6 Å². The number of benzene rings is 1. The summed E-state index contributed by atoms with van der Waals surface area (Å²) in [5.74, 6) is 0.0734. The molecule has 0 aliphatic heterocycles. The Kier molecular flexibility index (Phi) is 6.57. The molecule has 0 aromatic heterocycles. The van der Waals surface area contributed by atoms with Crippen LogP contribution in [0.4, 0.5) is 0 Å². The van der Waals surface area contributed by atoms with Crippen LogP contribution in [-0.4, -0.2) is 23.4 Å². The van der Waals surface area contributed by atoms with E-state index in [0.29, 0.717) is 6.54 Å². The molecule has 3 nitrogen and oxygen atoms in total. The smallest absolute Gasteiger partial charge is 0.239 e. The molecule has 0 radical (unpaired) electrons. The van der Waals surface area contributed by atoms with Crippen molar-refractivity contribution in [3.8, 4) is 0 Å². The predicted molar refractivity (Wildman–Crippen MR) is 79.8 cm³/mol. The fourth-order valence-electron chi connectivity index (χ4n) is 2.12. The summed E-state index contributed by atoms with van der Waals surface area (Å²) in [6, 6.07) is 7.96. The predicted octanol–water partition coefficient (Wildman–Crippen LogP) is 2.86. The van der Waals surface area contributed by atoms with Crippen LogP contribution >= 0.6 is 0 Å². The van der Waals surface area contributed by atoms with Crippen LogP contribution in [0, 0.1) is 6.92 Å².